The van der Waals surface area contributed by atoms with E-state index in [4.69, 9.17) is 4.74 Å². The molecule has 158 valence electrons. The van der Waals surface area contributed by atoms with Crippen molar-refractivity contribution in [2.24, 2.45) is 5.41 Å². The normalized spacial score (nSPS) is 16.0. The number of carbonyl (C=O) groups is 1. The van der Waals surface area contributed by atoms with Gasteiger partial charge in [0.25, 0.3) is 0 Å². The van der Waals surface area contributed by atoms with Gasteiger partial charge in [0.15, 0.2) is 0 Å². The lowest BCUT2D eigenvalue weighted by molar-refractivity contribution is 0.0503. The van der Waals surface area contributed by atoms with Gasteiger partial charge >= 0.3 is 5.97 Å². The predicted molar refractivity (Wildman–Crippen MR) is 124 cm³/mol. The van der Waals surface area contributed by atoms with Gasteiger partial charge < -0.3 is 4.74 Å². The standard InChI is InChI=1S/C26H36O2S/c1-5-6-7-8-9-12-20-28-25(27)24-18-17-22(29-24)15-10-11-16-23-21(2)14-13-19-26(23,3)4/h11,16-18H,5-9,12-14,19-20H2,1-4H3. The summed E-state index contributed by atoms with van der Waals surface area (Å²) in [6.45, 7) is 9.58. The average molecular weight is 413 g/mol. The van der Waals surface area contributed by atoms with E-state index in [0.717, 1.165) is 17.7 Å². The van der Waals surface area contributed by atoms with E-state index in [0.29, 0.717) is 11.5 Å². The van der Waals surface area contributed by atoms with Crippen molar-refractivity contribution < 1.29 is 9.53 Å². The second kappa shape index (κ2) is 12.0. The fourth-order valence-electron chi connectivity index (χ4n) is 3.88. The number of rotatable bonds is 9. The first kappa shape index (κ1) is 23.5. The van der Waals surface area contributed by atoms with Crippen molar-refractivity contribution in [3.8, 4) is 11.8 Å². The molecule has 1 heterocycles. The molecule has 0 saturated carbocycles. The molecule has 1 aliphatic rings. The summed E-state index contributed by atoms with van der Waals surface area (Å²) in [7, 11) is 0. The van der Waals surface area contributed by atoms with E-state index in [1.165, 1.54) is 67.4 Å². The number of unbranched alkanes of at least 4 members (excludes halogenated alkanes) is 5. The van der Waals surface area contributed by atoms with E-state index < -0.39 is 0 Å². The first-order chi connectivity index (χ1) is 13.9. The highest BCUT2D eigenvalue weighted by molar-refractivity contribution is 7.14. The van der Waals surface area contributed by atoms with Gasteiger partial charge in [0.1, 0.15) is 4.88 Å². The van der Waals surface area contributed by atoms with Gasteiger partial charge in [-0.3, -0.25) is 0 Å². The maximum Gasteiger partial charge on any atom is 0.348 e. The molecule has 0 fully saturated rings. The van der Waals surface area contributed by atoms with Crippen molar-refractivity contribution in [2.45, 2.75) is 85.5 Å². The van der Waals surface area contributed by atoms with Gasteiger partial charge in [0.2, 0.25) is 0 Å². The maximum atomic E-state index is 12.2. The molecule has 29 heavy (non-hydrogen) atoms. The van der Waals surface area contributed by atoms with Gasteiger partial charge in [-0.2, -0.15) is 0 Å². The Labute approximate surface area is 181 Å². The third-order valence-electron chi connectivity index (χ3n) is 5.61. The molecule has 0 atom stereocenters. The maximum absolute atomic E-state index is 12.2. The lowest BCUT2D eigenvalue weighted by atomic mass is 9.73. The van der Waals surface area contributed by atoms with Crippen LogP contribution in [0.4, 0.5) is 0 Å². The Kier molecular flexibility index (Phi) is 9.74. The van der Waals surface area contributed by atoms with Crippen LogP contribution in [-0.4, -0.2) is 12.6 Å². The van der Waals surface area contributed by atoms with E-state index in [1.807, 2.05) is 18.2 Å². The van der Waals surface area contributed by atoms with E-state index in [9.17, 15) is 4.79 Å². The second-order valence-corrected chi connectivity index (χ2v) is 9.69. The van der Waals surface area contributed by atoms with Gasteiger partial charge in [0, 0.05) is 0 Å². The molecule has 0 amide bonds. The van der Waals surface area contributed by atoms with Crippen LogP contribution in [0.25, 0.3) is 0 Å². The van der Waals surface area contributed by atoms with Gasteiger partial charge in [-0.05, 0) is 61.8 Å². The Bertz CT molecular complexity index is 783. The molecular weight excluding hydrogens is 376 g/mol. The SMILES string of the molecule is CCCCCCCCOC(=O)c1ccc(C#CC=CC2=C(C)CCCC2(C)C)s1. The average Bonchev–Trinajstić information content (AvgIpc) is 3.15. The van der Waals surface area contributed by atoms with Crippen LogP contribution in [0.5, 0.6) is 0 Å². The summed E-state index contributed by atoms with van der Waals surface area (Å²) in [6.07, 6.45) is 14.9. The molecule has 0 spiro atoms. The van der Waals surface area contributed by atoms with Gasteiger partial charge in [0.05, 0.1) is 11.5 Å². The number of carbonyl (C=O) groups excluding carboxylic acids is 1. The van der Waals surface area contributed by atoms with Gasteiger partial charge in [-0.25, -0.2) is 4.79 Å². The van der Waals surface area contributed by atoms with Crippen LogP contribution in [-0.2, 0) is 4.74 Å². The molecule has 0 aromatic carbocycles. The number of thiophene rings is 1. The van der Waals surface area contributed by atoms with Gasteiger partial charge in [-0.1, -0.05) is 76.4 Å². The monoisotopic (exact) mass is 412 g/mol. The Balaban J connectivity index is 1.81. The van der Waals surface area contributed by atoms with Crippen molar-refractivity contribution >= 4 is 17.3 Å². The Morgan fingerprint density at radius 1 is 1.21 bits per heavy atom. The highest BCUT2D eigenvalue weighted by atomic mass is 32.1. The summed E-state index contributed by atoms with van der Waals surface area (Å²) in [6, 6.07) is 3.72. The molecule has 2 nitrogen and oxygen atoms in total. The third kappa shape index (κ3) is 7.86. The summed E-state index contributed by atoms with van der Waals surface area (Å²) in [4.78, 5) is 13.7. The first-order valence-corrected chi connectivity index (χ1v) is 11.9. The van der Waals surface area contributed by atoms with E-state index in [2.05, 4.69) is 45.6 Å². The quantitative estimate of drug-likeness (QED) is 0.236. The smallest absolute Gasteiger partial charge is 0.348 e. The van der Waals surface area contributed by atoms with Crippen molar-refractivity contribution in [3.63, 3.8) is 0 Å². The topological polar surface area (TPSA) is 26.3 Å². The van der Waals surface area contributed by atoms with Crippen LogP contribution in [0.2, 0.25) is 0 Å². The minimum Gasteiger partial charge on any atom is -0.462 e. The molecule has 3 heteroatoms. The molecule has 2 rings (SSSR count). The molecule has 1 aromatic heterocycles. The lowest BCUT2D eigenvalue weighted by Crippen LogP contribution is -2.18. The van der Waals surface area contributed by atoms with Crippen LogP contribution < -0.4 is 0 Å². The lowest BCUT2D eigenvalue weighted by Gasteiger charge is -2.32. The highest BCUT2D eigenvalue weighted by Crippen LogP contribution is 2.40. The van der Waals surface area contributed by atoms with Crippen LogP contribution >= 0.6 is 11.3 Å². The fourth-order valence-corrected chi connectivity index (χ4v) is 4.64. The zero-order valence-corrected chi connectivity index (χ0v) is 19.4. The molecule has 0 saturated heterocycles. The molecule has 0 bridgehead atoms. The molecular formula is C26H36O2S. The molecule has 0 aliphatic heterocycles. The Hall–Kier alpha value is -1.79. The largest absolute Gasteiger partial charge is 0.462 e. The van der Waals surface area contributed by atoms with Crippen LogP contribution in [0.15, 0.2) is 35.4 Å². The summed E-state index contributed by atoms with van der Waals surface area (Å²) < 4.78 is 5.39. The minimum atomic E-state index is -0.225. The van der Waals surface area contributed by atoms with Crippen molar-refractivity contribution in [1.82, 2.24) is 0 Å². The van der Waals surface area contributed by atoms with E-state index >= 15 is 0 Å². The molecule has 1 aliphatic carbocycles. The van der Waals surface area contributed by atoms with Crippen LogP contribution in [0, 0.1) is 17.3 Å². The van der Waals surface area contributed by atoms with Crippen LogP contribution in [0.1, 0.15) is 100 Å². The molecule has 1 aromatic rings. The van der Waals surface area contributed by atoms with Crippen molar-refractivity contribution in [2.75, 3.05) is 6.61 Å². The molecule has 0 radical (unpaired) electrons. The summed E-state index contributed by atoms with van der Waals surface area (Å²) in [5.41, 5.74) is 3.13. The van der Waals surface area contributed by atoms with Gasteiger partial charge in [-0.15, -0.1) is 11.3 Å². The zero-order chi connectivity index (χ0) is 21.1. The molecule has 0 unspecified atom stereocenters. The van der Waals surface area contributed by atoms with Crippen LogP contribution in [0.3, 0.4) is 0 Å². The van der Waals surface area contributed by atoms with E-state index in [1.54, 1.807) is 0 Å². The Morgan fingerprint density at radius 2 is 1.97 bits per heavy atom. The third-order valence-corrected chi connectivity index (χ3v) is 6.59. The highest BCUT2D eigenvalue weighted by Gasteiger charge is 2.26. The number of ether oxygens (including phenoxy) is 1. The molecule has 0 N–H and O–H groups in total. The number of allylic oxidation sites excluding steroid dienone is 4. The number of hydrogen-bond donors (Lipinski definition) is 0. The zero-order valence-electron chi connectivity index (χ0n) is 18.6. The summed E-state index contributed by atoms with van der Waals surface area (Å²) in [5.74, 6) is 6.05. The second-order valence-electron chi connectivity index (χ2n) is 8.60. The number of hydrogen-bond acceptors (Lipinski definition) is 3. The summed E-state index contributed by atoms with van der Waals surface area (Å²) >= 11 is 1.41. The van der Waals surface area contributed by atoms with E-state index in [-0.39, 0.29) is 11.4 Å². The Morgan fingerprint density at radius 3 is 2.72 bits per heavy atom. The summed E-state index contributed by atoms with van der Waals surface area (Å²) in [5, 5.41) is 0. The first-order valence-electron chi connectivity index (χ1n) is 11.1. The van der Waals surface area contributed by atoms with Crippen molar-refractivity contribution in [1.29, 1.82) is 0 Å². The predicted octanol–water partition coefficient (Wildman–Crippen LogP) is 7.70. The fraction of sp³-hybridized carbons (Fsp3) is 0.577. The van der Waals surface area contributed by atoms with Crippen molar-refractivity contribution in [3.05, 3.63) is 45.2 Å². The minimum absolute atomic E-state index is 0.225. The number of esters is 1.